The number of fused-ring (bicyclic) bond motifs is 1. The highest BCUT2D eigenvalue weighted by molar-refractivity contribution is 9.10. The van der Waals surface area contributed by atoms with Crippen molar-refractivity contribution in [1.82, 2.24) is 5.32 Å². The van der Waals surface area contributed by atoms with Gasteiger partial charge in [0.15, 0.2) is 0 Å². The van der Waals surface area contributed by atoms with E-state index in [0.29, 0.717) is 22.9 Å². The molecule has 0 bridgehead atoms. The van der Waals surface area contributed by atoms with Crippen LogP contribution in [0.3, 0.4) is 0 Å². The van der Waals surface area contributed by atoms with Crippen molar-refractivity contribution in [3.8, 4) is 0 Å². The first-order chi connectivity index (χ1) is 9.15. The first-order valence-corrected chi connectivity index (χ1v) is 7.81. The summed E-state index contributed by atoms with van der Waals surface area (Å²) in [5.74, 6) is 1.24. The third-order valence-corrected chi connectivity index (χ3v) is 5.36. The smallest absolute Gasteiger partial charge is 0.124 e. The van der Waals surface area contributed by atoms with Crippen molar-refractivity contribution in [1.29, 1.82) is 0 Å². The fourth-order valence-corrected chi connectivity index (χ4v) is 4.32. The van der Waals surface area contributed by atoms with Crippen LogP contribution in [0.5, 0.6) is 0 Å². The Hall–Kier alpha value is -0.450. The molecule has 104 valence electrons. The molecule has 1 aliphatic carbocycles. The van der Waals surface area contributed by atoms with Gasteiger partial charge in [-0.3, -0.25) is 0 Å². The highest BCUT2D eigenvalue weighted by Gasteiger charge is 2.39. The molecule has 0 spiro atoms. The fraction of sp³-hybridized carbons (Fsp3) is 0.600. The zero-order valence-electron chi connectivity index (χ0n) is 10.8. The molecule has 4 heteroatoms. The van der Waals surface area contributed by atoms with Gasteiger partial charge in [-0.1, -0.05) is 28.4 Å². The van der Waals surface area contributed by atoms with Crippen LogP contribution >= 0.6 is 15.9 Å². The lowest BCUT2D eigenvalue weighted by Crippen LogP contribution is -2.29. The fourth-order valence-electron chi connectivity index (χ4n) is 3.70. The van der Waals surface area contributed by atoms with Gasteiger partial charge in [0.25, 0.3) is 0 Å². The molecule has 2 nitrogen and oxygen atoms in total. The summed E-state index contributed by atoms with van der Waals surface area (Å²) in [6.07, 6.45) is 4.10. The zero-order chi connectivity index (χ0) is 13.4. The molecule has 1 aliphatic heterocycles. The largest absolute Gasteiger partial charge is 0.388 e. The van der Waals surface area contributed by atoms with Crippen LogP contribution in [0.25, 0.3) is 0 Å². The molecule has 0 aromatic heterocycles. The molecular formula is C15H19BrFNO. The second kappa shape index (κ2) is 5.51. The Balaban J connectivity index is 1.69. The van der Waals surface area contributed by atoms with Gasteiger partial charge in [-0.25, -0.2) is 4.39 Å². The Morgan fingerprint density at radius 3 is 3.05 bits per heavy atom. The minimum atomic E-state index is -0.535. The number of aliphatic hydroxyl groups excluding tert-OH is 1. The number of halogens is 2. The van der Waals surface area contributed by atoms with Gasteiger partial charge in [-0.05, 0) is 55.3 Å². The molecule has 2 N–H and O–H groups in total. The van der Waals surface area contributed by atoms with Crippen molar-refractivity contribution >= 4 is 15.9 Å². The number of hydrogen-bond donors (Lipinski definition) is 2. The maximum Gasteiger partial charge on any atom is 0.124 e. The predicted octanol–water partition coefficient (Wildman–Crippen LogP) is 3.40. The average Bonchev–Trinajstić information content (AvgIpc) is 2.94. The molecule has 1 heterocycles. The van der Waals surface area contributed by atoms with E-state index in [9.17, 15) is 9.50 Å². The number of nitrogens with one attached hydrogen (secondary N) is 1. The van der Waals surface area contributed by atoms with E-state index in [1.807, 2.05) is 0 Å². The molecule has 1 saturated carbocycles. The molecule has 1 aromatic carbocycles. The Labute approximate surface area is 121 Å². The zero-order valence-corrected chi connectivity index (χ0v) is 12.4. The topological polar surface area (TPSA) is 32.3 Å². The van der Waals surface area contributed by atoms with Gasteiger partial charge in [0.1, 0.15) is 5.82 Å². The van der Waals surface area contributed by atoms with E-state index in [-0.39, 0.29) is 5.82 Å². The maximum absolute atomic E-state index is 13.1. The summed E-state index contributed by atoms with van der Waals surface area (Å²) in [5.41, 5.74) is 0.782. The van der Waals surface area contributed by atoms with E-state index in [4.69, 9.17) is 0 Å². The standard InChI is InChI=1S/C15H19BrFNO/c16-13-6-10(17)4-5-12(13)15(19)7-14-11-3-1-2-9(11)8-18-14/h4-6,9,11,14-15,18-19H,1-3,7-8H2. The van der Waals surface area contributed by atoms with Crippen LogP contribution in [0.2, 0.25) is 0 Å². The summed E-state index contributed by atoms with van der Waals surface area (Å²) in [6, 6.07) is 4.90. The predicted molar refractivity (Wildman–Crippen MR) is 76.3 cm³/mol. The first-order valence-electron chi connectivity index (χ1n) is 7.01. The molecule has 3 rings (SSSR count). The molecule has 1 saturated heterocycles. The van der Waals surface area contributed by atoms with Crippen LogP contribution < -0.4 is 5.32 Å². The van der Waals surface area contributed by atoms with E-state index < -0.39 is 6.10 Å². The van der Waals surface area contributed by atoms with Crippen molar-refractivity contribution in [2.75, 3.05) is 6.54 Å². The average molecular weight is 328 g/mol. The van der Waals surface area contributed by atoms with Gasteiger partial charge < -0.3 is 10.4 Å². The molecule has 0 radical (unpaired) electrons. The van der Waals surface area contributed by atoms with E-state index in [1.165, 1.54) is 31.4 Å². The summed E-state index contributed by atoms with van der Waals surface area (Å²) >= 11 is 3.33. The number of hydrogen-bond acceptors (Lipinski definition) is 2. The monoisotopic (exact) mass is 327 g/mol. The third-order valence-electron chi connectivity index (χ3n) is 4.68. The maximum atomic E-state index is 13.1. The summed E-state index contributed by atoms with van der Waals surface area (Å²) in [6.45, 7) is 1.09. The molecule has 4 unspecified atom stereocenters. The molecule has 19 heavy (non-hydrogen) atoms. The van der Waals surface area contributed by atoms with Gasteiger partial charge >= 0.3 is 0 Å². The second-order valence-electron chi connectivity index (χ2n) is 5.79. The lowest BCUT2D eigenvalue weighted by molar-refractivity contribution is 0.144. The molecule has 4 atom stereocenters. The number of rotatable bonds is 3. The highest BCUT2D eigenvalue weighted by Crippen LogP contribution is 2.40. The minimum absolute atomic E-state index is 0.280. The lowest BCUT2D eigenvalue weighted by atomic mass is 9.89. The highest BCUT2D eigenvalue weighted by atomic mass is 79.9. The summed E-state index contributed by atoms with van der Waals surface area (Å²) in [4.78, 5) is 0. The van der Waals surface area contributed by atoms with Gasteiger partial charge in [-0.2, -0.15) is 0 Å². The van der Waals surface area contributed by atoms with Crippen LogP contribution in [0, 0.1) is 17.7 Å². The van der Waals surface area contributed by atoms with Crippen LogP contribution in [0.1, 0.15) is 37.4 Å². The van der Waals surface area contributed by atoms with Crippen LogP contribution in [-0.4, -0.2) is 17.7 Å². The molecule has 0 amide bonds. The Kier molecular flexibility index (Phi) is 3.92. The Morgan fingerprint density at radius 1 is 1.42 bits per heavy atom. The van der Waals surface area contributed by atoms with Crippen LogP contribution in [0.4, 0.5) is 4.39 Å². The van der Waals surface area contributed by atoms with Crippen molar-refractivity contribution in [3.05, 3.63) is 34.1 Å². The van der Waals surface area contributed by atoms with Gasteiger partial charge in [0.2, 0.25) is 0 Å². The lowest BCUT2D eigenvalue weighted by Gasteiger charge is -2.22. The molecule has 1 aromatic rings. The number of benzene rings is 1. The quantitative estimate of drug-likeness (QED) is 0.891. The van der Waals surface area contributed by atoms with Crippen molar-refractivity contribution < 1.29 is 9.50 Å². The summed E-state index contributed by atoms with van der Waals surface area (Å²) in [5, 5.41) is 13.9. The normalized spacial score (nSPS) is 31.4. The molecule has 2 fully saturated rings. The van der Waals surface area contributed by atoms with Gasteiger partial charge in [0.05, 0.1) is 6.10 Å². The summed E-state index contributed by atoms with van der Waals surface area (Å²) < 4.78 is 13.7. The Bertz CT molecular complexity index is 467. The minimum Gasteiger partial charge on any atom is -0.388 e. The SMILES string of the molecule is OC(CC1NCC2CCCC21)c1ccc(F)cc1Br. The van der Waals surface area contributed by atoms with E-state index in [1.54, 1.807) is 6.07 Å². The first kappa shape index (κ1) is 13.5. The van der Waals surface area contributed by atoms with Gasteiger partial charge in [0, 0.05) is 10.5 Å². The van der Waals surface area contributed by atoms with E-state index in [0.717, 1.165) is 18.0 Å². The van der Waals surface area contributed by atoms with Crippen molar-refractivity contribution in [2.24, 2.45) is 11.8 Å². The van der Waals surface area contributed by atoms with Crippen molar-refractivity contribution in [2.45, 2.75) is 37.8 Å². The van der Waals surface area contributed by atoms with Crippen molar-refractivity contribution in [3.63, 3.8) is 0 Å². The van der Waals surface area contributed by atoms with Crippen LogP contribution in [-0.2, 0) is 0 Å². The van der Waals surface area contributed by atoms with E-state index in [2.05, 4.69) is 21.2 Å². The van der Waals surface area contributed by atoms with E-state index >= 15 is 0 Å². The molecule has 2 aliphatic rings. The molecular weight excluding hydrogens is 309 g/mol. The van der Waals surface area contributed by atoms with Gasteiger partial charge in [-0.15, -0.1) is 0 Å². The summed E-state index contributed by atoms with van der Waals surface area (Å²) in [7, 11) is 0. The number of aliphatic hydroxyl groups is 1. The third kappa shape index (κ3) is 2.71. The van der Waals surface area contributed by atoms with Crippen LogP contribution in [0.15, 0.2) is 22.7 Å². The second-order valence-corrected chi connectivity index (χ2v) is 6.64. The Morgan fingerprint density at radius 2 is 2.26 bits per heavy atom.